The minimum atomic E-state index is -4.39. The van der Waals surface area contributed by atoms with Crippen LogP contribution in [0.15, 0.2) is 12.3 Å². The molecular formula is C7H6F3N3O. The predicted octanol–water partition coefficient (Wildman–Crippen LogP) is 0.730. The fraction of sp³-hybridized carbons (Fsp3) is 0.429. The van der Waals surface area contributed by atoms with Gasteiger partial charge in [0.1, 0.15) is 5.69 Å². The normalized spacial score (nSPS) is 21.6. The number of nitrogens with one attached hydrogen (secondary N) is 1. The van der Waals surface area contributed by atoms with E-state index in [1.807, 2.05) is 0 Å². The Morgan fingerprint density at radius 3 is 2.93 bits per heavy atom. The Bertz CT molecular complexity index is 371. The summed E-state index contributed by atoms with van der Waals surface area (Å²) >= 11 is 0. The van der Waals surface area contributed by atoms with E-state index in [9.17, 15) is 18.0 Å². The van der Waals surface area contributed by atoms with Gasteiger partial charge in [0.25, 0.3) is 5.91 Å². The van der Waals surface area contributed by atoms with E-state index in [-0.39, 0.29) is 5.69 Å². The molecule has 0 aliphatic carbocycles. The topological polar surface area (TPSA) is 46.9 Å². The van der Waals surface area contributed by atoms with Gasteiger partial charge in [0, 0.05) is 12.7 Å². The van der Waals surface area contributed by atoms with Crippen LogP contribution in [0.5, 0.6) is 0 Å². The maximum Gasteiger partial charge on any atom is 0.412 e. The standard InChI is InChI=1S/C7H6F3N3O/c8-7(9,10)5-3-11-6(14)4-1-2-12-13(4)5/h1-2,5H,3H2,(H,11,14). The molecule has 1 amide bonds. The number of carbonyl (C=O) groups is 1. The summed E-state index contributed by atoms with van der Waals surface area (Å²) in [7, 11) is 0. The van der Waals surface area contributed by atoms with E-state index in [0.717, 1.165) is 0 Å². The highest BCUT2D eigenvalue weighted by molar-refractivity contribution is 5.93. The average Bonchev–Trinajstić information content (AvgIpc) is 2.50. The van der Waals surface area contributed by atoms with Gasteiger partial charge >= 0.3 is 6.18 Å². The predicted molar refractivity (Wildman–Crippen MR) is 39.7 cm³/mol. The zero-order valence-corrected chi connectivity index (χ0v) is 6.88. The Morgan fingerprint density at radius 2 is 2.29 bits per heavy atom. The van der Waals surface area contributed by atoms with Crippen molar-refractivity contribution in [3.63, 3.8) is 0 Å². The molecule has 2 heterocycles. The number of amides is 1. The van der Waals surface area contributed by atoms with Crippen molar-refractivity contribution in [3.8, 4) is 0 Å². The van der Waals surface area contributed by atoms with Crippen LogP contribution in [0, 0.1) is 0 Å². The third-order valence-corrected chi connectivity index (χ3v) is 2.03. The van der Waals surface area contributed by atoms with Gasteiger partial charge in [0.05, 0.1) is 0 Å². The third kappa shape index (κ3) is 1.24. The van der Waals surface area contributed by atoms with Gasteiger partial charge in [0.2, 0.25) is 0 Å². The number of aromatic nitrogens is 2. The van der Waals surface area contributed by atoms with Gasteiger partial charge in [-0.2, -0.15) is 18.3 Å². The first-order chi connectivity index (χ1) is 6.50. The molecule has 14 heavy (non-hydrogen) atoms. The molecule has 1 atom stereocenters. The number of nitrogens with zero attached hydrogens (tertiary/aromatic N) is 2. The molecule has 0 aromatic carbocycles. The Balaban J connectivity index is 2.44. The van der Waals surface area contributed by atoms with Crippen molar-refractivity contribution in [2.45, 2.75) is 12.2 Å². The lowest BCUT2D eigenvalue weighted by atomic mass is 10.2. The summed E-state index contributed by atoms with van der Waals surface area (Å²) in [4.78, 5) is 11.1. The third-order valence-electron chi connectivity index (χ3n) is 2.03. The highest BCUT2D eigenvalue weighted by atomic mass is 19.4. The van der Waals surface area contributed by atoms with Crippen LogP contribution >= 0.6 is 0 Å². The van der Waals surface area contributed by atoms with Crippen LogP contribution in [0.4, 0.5) is 13.2 Å². The fourth-order valence-electron chi connectivity index (χ4n) is 1.36. The summed E-state index contributed by atoms with van der Waals surface area (Å²) in [5.41, 5.74) is -0.0569. The first-order valence-electron chi connectivity index (χ1n) is 3.88. The van der Waals surface area contributed by atoms with Crippen LogP contribution in [0.2, 0.25) is 0 Å². The van der Waals surface area contributed by atoms with Gasteiger partial charge in [0.15, 0.2) is 6.04 Å². The van der Waals surface area contributed by atoms with Crippen molar-refractivity contribution in [3.05, 3.63) is 18.0 Å². The molecule has 0 fully saturated rings. The maximum atomic E-state index is 12.4. The smallest absolute Gasteiger partial charge is 0.348 e. The molecule has 1 N–H and O–H groups in total. The average molecular weight is 205 g/mol. The van der Waals surface area contributed by atoms with E-state index in [4.69, 9.17) is 0 Å². The molecule has 4 nitrogen and oxygen atoms in total. The molecule has 76 valence electrons. The molecule has 1 aromatic heterocycles. The van der Waals surface area contributed by atoms with E-state index in [1.54, 1.807) is 0 Å². The van der Waals surface area contributed by atoms with Crippen LogP contribution in [-0.2, 0) is 0 Å². The number of rotatable bonds is 0. The Kier molecular flexibility index (Phi) is 1.76. The number of hydrogen-bond acceptors (Lipinski definition) is 2. The number of hydrogen-bond donors (Lipinski definition) is 1. The van der Waals surface area contributed by atoms with Gasteiger partial charge < -0.3 is 5.32 Å². The number of alkyl halides is 3. The number of carbonyl (C=O) groups excluding carboxylic acids is 1. The van der Waals surface area contributed by atoms with Crippen LogP contribution in [0.3, 0.4) is 0 Å². The summed E-state index contributed by atoms with van der Waals surface area (Å²) in [6, 6.07) is -0.502. The highest BCUT2D eigenvalue weighted by Gasteiger charge is 2.45. The summed E-state index contributed by atoms with van der Waals surface area (Å²) in [6.07, 6.45) is -3.21. The Morgan fingerprint density at radius 1 is 1.57 bits per heavy atom. The maximum absolute atomic E-state index is 12.4. The van der Waals surface area contributed by atoms with Crippen LogP contribution in [0.25, 0.3) is 0 Å². The largest absolute Gasteiger partial charge is 0.412 e. The Hall–Kier alpha value is -1.53. The molecule has 1 aliphatic rings. The van der Waals surface area contributed by atoms with Crippen molar-refractivity contribution in [1.82, 2.24) is 15.1 Å². The van der Waals surface area contributed by atoms with Crippen LogP contribution in [-0.4, -0.2) is 28.4 Å². The lowest BCUT2D eigenvalue weighted by Crippen LogP contribution is -2.45. The minimum absolute atomic E-state index is 0.0569. The summed E-state index contributed by atoms with van der Waals surface area (Å²) in [6.45, 7) is -0.461. The zero-order valence-electron chi connectivity index (χ0n) is 6.88. The quantitative estimate of drug-likeness (QED) is 0.678. The summed E-state index contributed by atoms with van der Waals surface area (Å²) in [5, 5.41) is 5.65. The van der Waals surface area contributed by atoms with Crippen molar-refractivity contribution < 1.29 is 18.0 Å². The van der Waals surface area contributed by atoms with E-state index >= 15 is 0 Å². The van der Waals surface area contributed by atoms with E-state index in [1.165, 1.54) is 12.3 Å². The molecule has 0 saturated heterocycles. The van der Waals surface area contributed by atoms with Gasteiger partial charge in [-0.1, -0.05) is 0 Å². The van der Waals surface area contributed by atoms with Gasteiger partial charge in [-0.25, -0.2) is 4.68 Å². The molecule has 0 spiro atoms. The van der Waals surface area contributed by atoms with E-state index < -0.39 is 24.7 Å². The van der Waals surface area contributed by atoms with Crippen molar-refractivity contribution in [2.24, 2.45) is 0 Å². The molecule has 1 unspecified atom stereocenters. The van der Waals surface area contributed by atoms with Crippen LogP contribution in [0.1, 0.15) is 16.5 Å². The molecule has 0 bridgehead atoms. The lowest BCUT2D eigenvalue weighted by molar-refractivity contribution is -0.169. The lowest BCUT2D eigenvalue weighted by Gasteiger charge is -2.26. The van der Waals surface area contributed by atoms with Gasteiger partial charge in [-0.15, -0.1) is 0 Å². The molecule has 2 rings (SSSR count). The second-order valence-electron chi connectivity index (χ2n) is 2.93. The highest BCUT2D eigenvalue weighted by Crippen LogP contribution is 2.31. The molecular weight excluding hydrogens is 199 g/mol. The second kappa shape index (κ2) is 2.73. The van der Waals surface area contributed by atoms with Crippen LogP contribution < -0.4 is 5.32 Å². The monoisotopic (exact) mass is 205 g/mol. The SMILES string of the molecule is O=C1NCC(C(F)(F)F)n2nccc21. The van der Waals surface area contributed by atoms with Crippen molar-refractivity contribution in [2.75, 3.05) is 6.54 Å². The Labute approximate surface area is 76.7 Å². The zero-order chi connectivity index (χ0) is 10.3. The second-order valence-corrected chi connectivity index (χ2v) is 2.93. The first kappa shape index (κ1) is 9.04. The first-order valence-corrected chi connectivity index (χ1v) is 3.88. The van der Waals surface area contributed by atoms with Gasteiger partial charge in [-0.3, -0.25) is 4.79 Å². The molecule has 1 aromatic rings. The van der Waals surface area contributed by atoms with Crippen molar-refractivity contribution in [1.29, 1.82) is 0 Å². The number of halogens is 3. The van der Waals surface area contributed by atoms with E-state index in [2.05, 4.69) is 10.4 Å². The summed E-state index contributed by atoms with van der Waals surface area (Å²) in [5.74, 6) is -0.525. The molecule has 0 saturated carbocycles. The minimum Gasteiger partial charge on any atom is -0.348 e. The molecule has 0 radical (unpaired) electrons. The number of fused-ring (bicyclic) bond motifs is 1. The molecule has 1 aliphatic heterocycles. The van der Waals surface area contributed by atoms with Crippen molar-refractivity contribution >= 4 is 5.91 Å². The van der Waals surface area contributed by atoms with Gasteiger partial charge in [-0.05, 0) is 6.07 Å². The van der Waals surface area contributed by atoms with E-state index in [0.29, 0.717) is 4.68 Å². The fourth-order valence-corrected chi connectivity index (χ4v) is 1.36. The molecule has 7 heteroatoms. The summed E-state index contributed by atoms with van der Waals surface area (Å²) < 4.78 is 37.9.